The van der Waals surface area contributed by atoms with Crippen LogP contribution in [0.5, 0.6) is 0 Å². The number of ether oxygens (including phenoxy) is 1. The van der Waals surface area contributed by atoms with Crippen molar-refractivity contribution < 1.29 is 13.7 Å². The highest BCUT2D eigenvalue weighted by atomic mass is 32.1. The number of aromatic nitrogens is 1. The number of nitrogens with zero attached hydrogens (tertiary/aromatic N) is 1. The molecule has 0 amide bonds. The van der Waals surface area contributed by atoms with Crippen LogP contribution in [0.3, 0.4) is 0 Å². The molecule has 0 aliphatic heterocycles. The largest absolute Gasteiger partial charge is 0.460 e. The van der Waals surface area contributed by atoms with Gasteiger partial charge in [-0.15, -0.1) is 11.3 Å². The topological polar surface area (TPSA) is 56.3 Å². The van der Waals surface area contributed by atoms with E-state index in [9.17, 15) is 9.00 Å². The summed E-state index contributed by atoms with van der Waals surface area (Å²) in [6, 6.07) is 8.13. The number of carbonyl (C=O) groups is 1. The third kappa shape index (κ3) is 6.58. The van der Waals surface area contributed by atoms with E-state index in [-0.39, 0.29) is 23.6 Å². The first-order valence-electron chi connectivity index (χ1n) is 6.03. The van der Waals surface area contributed by atoms with Crippen LogP contribution >= 0.6 is 11.3 Å². The first-order valence-corrected chi connectivity index (χ1v) is 7.71. The molecule has 0 radical (unpaired) electrons. The summed E-state index contributed by atoms with van der Waals surface area (Å²) in [5.74, 6) is -0.360. The van der Waals surface area contributed by atoms with Gasteiger partial charge in [-0.1, -0.05) is 12.1 Å². The predicted octanol–water partition coefficient (Wildman–Crippen LogP) is 3.03. The number of carbonyl (C=O) groups excluding carboxylic acids is 1. The lowest BCUT2D eigenvalue weighted by atomic mass is 10.2. The van der Waals surface area contributed by atoms with E-state index in [1.807, 2.05) is 23.7 Å². The Morgan fingerprint density at radius 2 is 2.10 bits per heavy atom. The second-order valence-electron chi connectivity index (χ2n) is 4.87. The molecule has 0 saturated heterocycles. The molecular formula is C14H17NO3S2. The van der Waals surface area contributed by atoms with E-state index in [0.717, 1.165) is 5.52 Å². The van der Waals surface area contributed by atoms with E-state index < -0.39 is 5.60 Å². The molecule has 0 spiro atoms. The van der Waals surface area contributed by atoms with Crippen LogP contribution in [0.1, 0.15) is 27.2 Å². The Morgan fingerprint density at radius 1 is 1.40 bits per heavy atom. The third-order valence-corrected chi connectivity index (χ3v) is 3.09. The van der Waals surface area contributed by atoms with Gasteiger partial charge in [0.05, 0.1) is 33.4 Å². The number of fused-ring (bicyclic) bond motifs is 1. The normalized spacial score (nSPS) is 10.3. The van der Waals surface area contributed by atoms with Crippen molar-refractivity contribution in [2.24, 2.45) is 0 Å². The molecule has 0 saturated carbocycles. The van der Waals surface area contributed by atoms with Crippen LogP contribution in [-0.4, -0.2) is 26.1 Å². The minimum absolute atomic E-state index is 0.0748. The van der Waals surface area contributed by atoms with Crippen LogP contribution in [0.2, 0.25) is 0 Å². The molecule has 0 aliphatic carbocycles. The molecule has 0 unspecified atom stereocenters. The van der Waals surface area contributed by atoms with Crippen LogP contribution in [0.25, 0.3) is 10.2 Å². The van der Waals surface area contributed by atoms with Gasteiger partial charge in [0.15, 0.2) is 0 Å². The van der Waals surface area contributed by atoms with E-state index in [4.69, 9.17) is 4.74 Å². The second-order valence-corrected chi connectivity index (χ2v) is 6.29. The van der Waals surface area contributed by atoms with E-state index in [1.165, 1.54) is 10.1 Å². The molecule has 4 nitrogen and oxygen atoms in total. The fourth-order valence-electron chi connectivity index (χ4n) is 1.29. The Balaban J connectivity index is 0.000000202. The molecule has 2 aromatic rings. The molecule has 1 aromatic heterocycles. The van der Waals surface area contributed by atoms with Crippen molar-refractivity contribution in [1.29, 1.82) is 0 Å². The molecule has 0 aliphatic rings. The zero-order valence-corrected chi connectivity index (χ0v) is 13.3. The lowest BCUT2D eigenvalue weighted by molar-refractivity contribution is -0.153. The highest BCUT2D eigenvalue weighted by Crippen LogP contribution is 2.15. The summed E-state index contributed by atoms with van der Waals surface area (Å²) in [5, 5.41) is 1.27. The van der Waals surface area contributed by atoms with Gasteiger partial charge >= 0.3 is 5.97 Å². The van der Waals surface area contributed by atoms with Crippen molar-refractivity contribution >= 4 is 44.1 Å². The standard InChI is InChI=1S/C7H5NS.C7H12O3S/c1-2-4-7-6(3-1)8-5-9-7;1-7(2,3)10-6(8)4-5-11-9/h1-5H;5H,4H2,1-3H3. The van der Waals surface area contributed by atoms with Gasteiger partial charge in [0, 0.05) is 5.37 Å². The Morgan fingerprint density at radius 3 is 2.70 bits per heavy atom. The maximum absolute atomic E-state index is 10.8. The highest BCUT2D eigenvalue weighted by Gasteiger charge is 2.14. The number of para-hydroxylation sites is 1. The smallest absolute Gasteiger partial charge is 0.311 e. The number of esters is 1. The minimum atomic E-state index is -0.460. The SMILES string of the molecule is CC(C)(C)OC(=O)CC=S=O.c1ccc2scnc2c1. The number of thiazole rings is 1. The van der Waals surface area contributed by atoms with Gasteiger partial charge < -0.3 is 4.74 Å². The average molecular weight is 311 g/mol. The summed E-state index contributed by atoms with van der Waals surface area (Å²) < 4.78 is 16.0. The highest BCUT2D eigenvalue weighted by molar-refractivity contribution is 7.64. The third-order valence-electron chi connectivity index (χ3n) is 1.97. The summed E-state index contributed by atoms with van der Waals surface area (Å²) in [5.41, 5.74) is 2.51. The molecule has 1 heterocycles. The number of hydrogen-bond acceptors (Lipinski definition) is 5. The summed E-state index contributed by atoms with van der Waals surface area (Å²) in [6.07, 6.45) is 0.0748. The van der Waals surface area contributed by atoms with Crippen LogP contribution in [0, 0.1) is 0 Å². The molecular weight excluding hydrogens is 294 g/mol. The van der Waals surface area contributed by atoms with Crippen molar-refractivity contribution in [2.45, 2.75) is 32.8 Å². The van der Waals surface area contributed by atoms with Crippen molar-refractivity contribution in [3.8, 4) is 0 Å². The van der Waals surface area contributed by atoms with Gasteiger partial charge in [-0.2, -0.15) is 0 Å². The Labute approximate surface area is 125 Å². The molecule has 2 rings (SSSR count). The molecule has 0 fully saturated rings. The first kappa shape index (κ1) is 16.5. The lowest BCUT2D eigenvalue weighted by Gasteiger charge is -2.18. The van der Waals surface area contributed by atoms with E-state index >= 15 is 0 Å². The lowest BCUT2D eigenvalue weighted by Crippen LogP contribution is -2.23. The fourth-order valence-corrected chi connectivity index (χ4v) is 2.17. The fraction of sp³-hybridized carbons (Fsp3) is 0.357. The maximum Gasteiger partial charge on any atom is 0.311 e. The monoisotopic (exact) mass is 311 g/mol. The van der Waals surface area contributed by atoms with Crippen LogP contribution < -0.4 is 0 Å². The zero-order valence-electron chi connectivity index (χ0n) is 11.7. The summed E-state index contributed by atoms with van der Waals surface area (Å²) in [7, 11) is 0. The van der Waals surface area contributed by atoms with E-state index in [1.54, 1.807) is 32.1 Å². The van der Waals surface area contributed by atoms with Crippen molar-refractivity contribution in [1.82, 2.24) is 4.98 Å². The predicted molar refractivity (Wildman–Crippen MR) is 84.3 cm³/mol. The quantitative estimate of drug-likeness (QED) is 0.632. The van der Waals surface area contributed by atoms with Gasteiger partial charge in [0.2, 0.25) is 0 Å². The average Bonchev–Trinajstić information content (AvgIpc) is 2.83. The van der Waals surface area contributed by atoms with Crippen molar-refractivity contribution in [3.05, 3.63) is 29.8 Å². The van der Waals surface area contributed by atoms with Crippen LogP contribution in [-0.2, 0) is 20.8 Å². The van der Waals surface area contributed by atoms with Gasteiger partial charge in [0.25, 0.3) is 0 Å². The van der Waals surface area contributed by atoms with Gasteiger partial charge in [-0.3, -0.25) is 4.79 Å². The van der Waals surface area contributed by atoms with E-state index in [0.29, 0.717) is 0 Å². The molecule has 0 atom stereocenters. The van der Waals surface area contributed by atoms with E-state index in [2.05, 4.69) is 11.1 Å². The zero-order chi connectivity index (χ0) is 15.0. The number of hydrogen-bond donors (Lipinski definition) is 0. The number of benzene rings is 1. The summed E-state index contributed by atoms with van der Waals surface area (Å²) in [6.45, 7) is 5.36. The van der Waals surface area contributed by atoms with Crippen molar-refractivity contribution in [3.63, 3.8) is 0 Å². The molecule has 20 heavy (non-hydrogen) atoms. The Hall–Kier alpha value is -1.53. The van der Waals surface area contributed by atoms with Crippen LogP contribution in [0.15, 0.2) is 29.8 Å². The molecule has 6 heteroatoms. The van der Waals surface area contributed by atoms with Crippen molar-refractivity contribution in [2.75, 3.05) is 0 Å². The first-order chi connectivity index (χ1) is 9.42. The second kappa shape index (κ2) is 7.91. The van der Waals surface area contributed by atoms with Gasteiger partial charge in [-0.25, -0.2) is 9.19 Å². The molecule has 0 bridgehead atoms. The molecule has 1 aromatic carbocycles. The number of rotatable bonds is 2. The van der Waals surface area contributed by atoms with Gasteiger partial charge in [-0.05, 0) is 32.9 Å². The molecule has 108 valence electrons. The Bertz CT molecular complexity index is 580. The summed E-state index contributed by atoms with van der Waals surface area (Å²) >= 11 is 1.96. The maximum atomic E-state index is 10.8. The Kier molecular flexibility index (Phi) is 6.54. The van der Waals surface area contributed by atoms with Gasteiger partial charge in [0.1, 0.15) is 5.60 Å². The van der Waals surface area contributed by atoms with Crippen LogP contribution in [0.4, 0.5) is 0 Å². The minimum Gasteiger partial charge on any atom is -0.460 e. The summed E-state index contributed by atoms with van der Waals surface area (Å²) in [4.78, 5) is 14.9. The molecule has 0 N–H and O–H groups in total.